The topological polar surface area (TPSA) is 4.93 Å². The minimum absolute atomic E-state index is 0.226. The van der Waals surface area contributed by atoms with Crippen LogP contribution in [0.3, 0.4) is 0 Å². The lowest BCUT2D eigenvalue weighted by atomic mass is 9.86. The highest BCUT2D eigenvalue weighted by Crippen LogP contribution is 2.35. The van der Waals surface area contributed by atoms with Gasteiger partial charge in [-0.3, -0.25) is 0 Å². The van der Waals surface area contributed by atoms with E-state index < -0.39 is 0 Å². The van der Waals surface area contributed by atoms with E-state index in [9.17, 15) is 0 Å². The van der Waals surface area contributed by atoms with Gasteiger partial charge in [-0.05, 0) is 18.6 Å². The zero-order valence-corrected chi connectivity index (χ0v) is 6.88. The third-order valence-corrected chi connectivity index (χ3v) is 2.74. The van der Waals surface area contributed by atoms with Crippen LogP contribution in [0.1, 0.15) is 19.0 Å². The van der Waals surface area contributed by atoms with E-state index in [1.165, 1.54) is 12.1 Å². The van der Waals surface area contributed by atoms with Crippen LogP contribution in [0.15, 0.2) is 31.0 Å². The number of aromatic nitrogens is 1. The second-order valence-electron chi connectivity index (χ2n) is 3.46. The van der Waals surface area contributed by atoms with E-state index in [1.807, 2.05) is 0 Å². The van der Waals surface area contributed by atoms with Crippen molar-refractivity contribution in [2.45, 2.75) is 25.3 Å². The van der Waals surface area contributed by atoms with Crippen molar-refractivity contribution in [1.82, 2.24) is 4.57 Å². The Morgan fingerprint density at radius 2 is 2.55 bits per heavy atom. The first-order valence-corrected chi connectivity index (χ1v) is 4.05. The Kier molecular flexibility index (Phi) is 1.22. The predicted octanol–water partition coefficient (Wildman–Crippen LogP) is 2.34. The number of nitrogens with zero attached hydrogens (tertiary/aromatic N) is 1. The lowest BCUT2D eigenvalue weighted by molar-refractivity contribution is 0.585. The second-order valence-corrected chi connectivity index (χ2v) is 3.46. The Bertz CT molecular complexity index is 285. The molecule has 0 saturated heterocycles. The zero-order chi connectivity index (χ0) is 7.90. The van der Waals surface area contributed by atoms with Crippen molar-refractivity contribution in [1.29, 1.82) is 0 Å². The van der Waals surface area contributed by atoms with Crippen molar-refractivity contribution in [3.8, 4) is 0 Å². The highest BCUT2D eigenvalue weighted by molar-refractivity contribution is 5.27. The van der Waals surface area contributed by atoms with E-state index in [0.717, 1.165) is 6.54 Å². The van der Waals surface area contributed by atoms with Crippen molar-refractivity contribution in [3.05, 3.63) is 36.7 Å². The van der Waals surface area contributed by atoms with Crippen LogP contribution in [0.2, 0.25) is 0 Å². The standard InChI is InChI=1S/C10H13N/c1-3-10(2)6-8-11-7-4-5-9(10)11/h3-5,7H,1,6,8H2,2H3. The van der Waals surface area contributed by atoms with Crippen LogP contribution >= 0.6 is 0 Å². The lowest BCUT2D eigenvalue weighted by Crippen LogP contribution is -2.13. The summed E-state index contributed by atoms with van der Waals surface area (Å²) in [5.41, 5.74) is 1.64. The van der Waals surface area contributed by atoms with Gasteiger partial charge in [0, 0.05) is 23.9 Å². The van der Waals surface area contributed by atoms with E-state index >= 15 is 0 Å². The molecule has 2 rings (SSSR count). The molecular formula is C10H13N. The molecule has 58 valence electrons. The minimum Gasteiger partial charge on any atom is -0.351 e. The molecule has 1 atom stereocenters. The summed E-state index contributed by atoms with van der Waals surface area (Å²) >= 11 is 0. The first-order valence-electron chi connectivity index (χ1n) is 4.05. The van der Waals surface area contributed by atoms with Crippen LogP contribution in [0.4, 0.5) is 0 Å². The average molecular weight is 147 g/mol. The summed E-state index contributed by atoms with van der Waals surface area (Å²) in [6.07, 6.45) is 5.41. The molecule has 0 aliphatic carbocycles. The Morgan fingerprint density at radius 3 is 3.27 bits per heavy atom. The maximum atomic E-state index is 3.88. The van der Waals surface area contributed by atoms with Crippen molar-refractivity contribution in [2.75, 3.05) is 0 Å². The molecule has 0 aromatic carbocycles. The van der Waals surface area contributed by atoms with E-state index in [-0.39, 0.29) is 5.41 Å². The number of rotatable bonds is 1. The first kappa shape index (κ1) is 6.71. The maximum Gasteiger partial charge on any atom is 0.0272 e. The molecule has 0 spiro atoms. The van der Waals surface area contributed by atoms with E-state index in [1.54, 1.807) is 0 Å². The Labute approximate surface area is 67.3 Å². The number of hydrogen-bond donors (Lipinski definition) is 0. The summed E-state index contributed by atoms with van der Waals surface area (Å²) in [7, 11) is 0. The molecule has 1 nitrogen and oxygen atoms in total. The van der Waals surface area contributed by atoms with Gasteiger partial charge in [0.2, 0.25) is 0 Å². The van der Waals surface area contributed by atoms with Gasteiger partial charge in [-0.2, -0.15) is 0 Å². The predicted molar refractivity (Wildman–Crippen MR) is 46.6 cm³/mol. The number of aryl methyl sites for hydroxylation is 1. The molecule has 1 aromatic rings. The molecule has 1 unspecified atom stereocenters. The van der Waals surface area contributed by atoms with Crippen molar-refractivity contribution in [3.63, 3.8) is 0 Å². The van der Waals surface area contributed by atoms with Gasteiger partial charge in [0.25, 0.3) is 0 Å². The molecule has 11 heavy (non-hydrogen) atoms. The molecule has 1 heteroatoms. The fourth-order valence-electron chi connectivity index (χ4n) is 1.81. The van der Waals surface area contributed by atoms with Gasteiger partial charge in [0.05, 0.1) is 0 Å². The van der Waals surface area contributed by atoms with Gasteiger partial charge in [-0.25, -0.2) is 0 Å². The molecular weight excluding hydrogens is 134 g/mol. The molecule has 0 amide bonds. The van der Waals surface area contributed by atoms with Gasteiger partial charge >= 0.3 is 0 Å². The van der Waals surface area contributed by atoms with Crippen LogP contribution in [-0.2, 0) is 12.0 Å². The van der Waals surface area contributed by atoms with E-state index in [4.69, 9.17) is 0 Å². The van der Waals surface area contributed by atoms with Crippen LogP contribution in [0.5, 0.6) is 0 Å². The Hall–Kier alpha value is -0.980. The van der Waals surface area contributed by atoms with Crippen LogP contribution in [0, 0.1) is 0 Å². The summed E-state index contributed by atoms with van der Waals surface area (Å²) in [5.74, 6) is 0. The molecule has 1 aromatic heterocycles. The number of allylic oxidation sites excluding steroid dienone is 1. The largest absolute Gasteiger partial charge is 0.351 e. The van der Waals surface area contributed by atoms with E-state index in [2.05, 4.69) is 42.5 Å². The van der Waals surface area contributed by atoms with Crippen LogP contribution in [0.25, 0.3) is 0 Å². The highest BCUT2D eigenvalue weighted by atomic mass is 15.0. The van der Waals surface area contributed by atoms with Gasteiger partial charge in [0.1, 0.15) is 0 Å². The quantitative estimate of drug-likeness (QED) is 0.537. The van der Waals surface area contributed by atoms with Crippen molar-refractivity contribution >= 4 is 0 Å². The Balaban J connectivity index is 2.53. The Morgan fingerprint density at radius 1 is 1.73 bits per heavy atom. The SMILES string of the molecule is C=CC1(C)CCn2cccc21. The van der Waals surface area contributed by atoms with Crippen molar-refractivity contribution in [2.24, 2.45) is 0 Å². The molecule has 1 aliphatic heterocycles. The lowest BCUT2D eigenvalue weighted by Gasteiger charge is -2.17. The average Bonchev–Trinajstić information content (AvgIpc) is 2.55. The molecule has 0 radical (unpaired) electrons. The molecule has 0 bridgehead atoms. The fraction of sp³-hybridized carbons (Fsp3) is 0.400. The zero-order valence-electron chi connectivity index (χ0n) is 6.88. The molecule has 0 fully saturated rings. The summed E-state index contributed by atoms with van der Waals surface area (Å²) in [6.45, 7) is 7.27. The van der Waals surface area contributed by atoms with Crippen LogP contribution in [-0.4, -0.2) is 4.57 Å². The van der Waals surface area contributed by atoms with Gasteiger partial charge < -0.3 is 4.57 Å². The van der Waals surface area contributed by atoms with Crippen LogP contribution < -0.4 is 0 Å². The highest BCUT2D eigenvalue weighted by Gasteiger charge is 2.30. The molecule has 0 N–H and O–H groups in total. The molecule has 0 saturated carbocycles. The first-order chi connectivity index (χ1) is 5.26. The van der Waals surface area contributed by atoms with E-state index in [0.29, 0.717) is 0 Å². The normalized spacial score (nSPS) is 28.5. The third kappa shape index (κ3) is 0.770. The molecule has 2 heterocycles. The summed E-state index contributed by atoms with van der Waals surface area (Å²) in [6, 6.07) is 4.30. The smallest absolute Gasteiger partial charge is 0.0272 e. The van der Waals surface area contributed by atoms with Gasteiger partial charge in [0.15, 0.2) is 0 Å². The van der Waals surface area contributed by atoms with Gasteiger partial charge in [-0.1, -0.05) is 13.0 Å². The summed E-state index contributed by atoms with van der Waals surface area (Å²) in [5, 5.41) is 0. The molecule has 1 aliphatic rings. The number of fused-ring (bicyclic) bond motifs is 1. The monoisotopic (exact) mass is 147 g/mol. The summed E-state index contributed by atoms with van der Waals surface area (Å²) < 4.78 is 2.31. The second kappa shape index (κ2) is 2.00. The third-order valence-electron chi connectivity index (χ3n) is 2.74. The van der Waals surface area contributed by atoms with Gasteiger partial charge in [-0.15, -0.1) is 6.58 Å². The number of hydrogen-bond acceptors (Lipinski definition) is 0. The van der Waals surface area contributed by atoms with Crippen molar-refractivity contribution < 1.29 is 0 Å². The minimum atomic E-state index is 0.226. The summed E-state index contributed by atoms with van der Waals surface area (Å²) in [4.78, 5) is 0. The maximum absolute atomic E-state index is 3.88. The fourth-order valence-corrected chi connectivity index (χ4v) is 1.81.